The van der Waals surface area contributed by atoms with Crippen molar-refractivity contribution < 1.29 is 5.11 Å². The molecule has 1 nitrogen and oxygen atoms in total. The monoisotopic (exact) mass is 256 g/mol. The highest BCUT2D eigenvalue weighted by Crippen LogP contribution is 2.46. The molecule has 0 aromatic heterocycles. The zero-order valence-corrected chi connectivity index (χ0v) is 11.2. The average Bonchev–Trinajstić information content (AvgIpc) is 2.70. The maximum absolute atomic E-state index is 10.4. The molecule has 2 unspecified atom stereocenters. The number of thioether (sulfide) groups is 1. The third-order valence-electron chi connectivity index (χ3n) is 3.34. The van der Waals surface area contributed by atoms with E-state index in [9.17, 15) is 5.11 Å². The summed E-state index contributed by atoms with van der Waals surface area (Å²) >= 11 is 7.96. The highest BCUT2D eigenvalue weighted by atomic mass is 35.5. The SMILES string of the molecule is Cc1ccc(C(O)C2(C)CCCS2)cc1Cl. The topological polar surface area (TPSA) is 20.2 Å². The lowest BCUT2D eigenvalue weighted by Crippen LogP contribution is -2.26. The summed E-state index contributed by atoms with van der Waals surface area (Å²) < 4.78 is -0.0431. The van der Waals surface area contributed by atoms with Crippen LogP contribution in [0.25, 0.3) is 0 Å². The molecule has 2 rings (SSSR count). The number of hydrogen-bond acceptors (Lipinski definition) is 2. The lowest BCUT2D eigenvalue weighted by atomic mass is 9.92. The maximum atomic E-state index is 10.4. The van der Waals surface area contributed by atoms with Gasteiger partial charge in [0.2, 0.25) is 0 Å². The fourth-order valence-electron chi connectivity index (χ4n) is 2.15. The first-order valence-corrected chi connectivity index (χ1v) is 6.97. The molecule has 88 valence electrons. The van der Waals surface area contributed by atoms with Crippen molar-refractivity contribution in [1.82, 2.24) is 0 Å². The van der Waals surface area contributed by atoms with E-state index in [1.807, 2.05) is 36.9 Å². The number of aliphatic hydroxyl groups is 1. The molecule has 16 heavy (non-hydrogen) atoms. The molecule has 1 fully saturated rings. The van der Waals surface area contributed by atoms with Crippen LogP contribution in [0.2, 0.25) is 5.02 Å². The second kappa shape index (κ2) is 4.59. The van der Waals surface area contributed by atoms with Crippen LogP contribution in [0, 0.1) is 6.92 Å². The molecule has 1 aliphatic heterocycles. The van der Waals surface area contributed by atoms with Crippen LogP contribution in [0.15, 0.2) is 18.2 Å². The molecule has 1 aromatic carbocycles. The third kappa shape index (κ3) is 2.24. The van der Waals surface area contributed by atoms with Gasteiger partial charge in [0, 0.05) is 9.77 Å². The van der Waals surface area contributed by atoms with Gasteiger partial charge in [0.25, 0.3) is 0 Å². The van der Waals surface area contributed by atoms with E-state index in [4.69, 9.17) is 11.6 Å². The van der Waals surface area contributed by atoms with Gasteiger partial charge in [0.15, 0.2) is 0 Å². The maximum Gasteiger partial charge on any atom is 0.0934 e. The van der Waals surface area contributed by atoms with Gasteiger partial charge in [-0.05, 0) is 49.6 Å². The zero-order valence-electron chi connectivity index (χ0n) is 9.66. The minimum atomic E-state index is -0.418. The predicted octanol–water partition coefficient (Wildman–Crippen LogP) is 3.97. The van der Waals surface area contributed by atoms with Gasteiger partial charge in [-0.15, -0.1) is 0 Å². The van der Waals surface area contributed by atoms with Crippen LogP contribution in [-0.4, -0.2) is 15.6 Å². The van der Waals surface area contributed by atoms with Crippen molar-refractivity contribution in [3.8, 4) is 0 Å². The van der Waals surface area contributed by atoms with Gasteiger partial charge in [0.05, 0.1) is 6.10 Å². The number of aliphatic hydroxyl groups excluding tert-OH is 1. The van der Waals surface area contributed by atoms with Crippen molar-refractivity contribution in [1.29, 1.82) is 0 Å². The van der Waals surface area contributed by atoms with Crippen LogP contribution in [0.4, 0.5) is 0 Å². The van der Waals surface area contributed by atoms with Crippen molar-refractivity contribution >= 4 is 23.4 Å². The molecular weight excluding hydrogens is 240 g/mol. The average molecular weight is 257 g/mol. The Kier molecular flexibility index (Phi) is 3.53. The normalized spacial score (nSPS) is 27.0. The molecule has 1 N–H and O–H groups in total. The Hall–Kier alpha value is -0.180. The molecule has 1 heterocycles. The molecule has 0 radical (unpaired) electrons. The number of aryl methyl sites for hydroxylation is 1. The van der Waals surface area contributed by atoms with Gasteiger partial charge in [-0.25, -0.2) is 0 Å². The highest BCUT2D eigenvalue weighted by Gasteiger charge is 2.37. The van der Waals surface area contributed by atoms with Gasteiger partial charge < -0.3 is 5.11 Å². The minimum absolute atomic E-state index is 0.0431. The van der Waals surface area contributed by atoms with Crippen molar-refractivity contribution in [2.24, 2.45) is 0 Å². The first kappa shape index (κ1) is 12.3. The van der Waals surface area contributed by atoms with Crippen molar-refractivity contribution in [2.75, 3.05) is 5.75 Å². The number of halogens is 1. The van der Waals surface area contributed by atoms with Crippen molar-refractivity contribution in [3.63, 3.8) is 0 Å². The fraction of sp³-hybridized carbons (Fsp3) is 0.538. The Labute approximate surface area is 106 Å². The van der Waals surface area contributed by atoms with Crippen LogP contribution in [0.5, 0.6) is 0 Å². The third-order valence-corrected chi connectivity index (χ3v) is 5.33. The summed E-state index contributed by atoms with van der Waals surface area (Å²) in [5.41, 5.74) is 1.99. The second-order valence-electron chi connectivity index (χ2n) is 4.68. The van der Waals surface area contributed by atoms with E-state index in [1.54, 1.807) is 0 Å². The summed E-state index contributed by atoms with van der Waals surface area (Å²) in [7, 11) is 0. The quantitative estimate of drug-likeness (QED) is 0.864. The first-order valence-electron chi connectivity index (χ1n) is 5.61. The Morgan fingerprint density at radius 1 is 1.50 bits per heavy atom. The molecule has 3 heteroatoms. The van der Waals surface area contributed by atoms with E-state index in [-0.39, 0.29) is 4.75 Å². The lowest BCUT2D eigenvalue weighted by Gasteiger charge is -2.29. The molecule has 0 bridgehead atoms. The Morgan fingerprint density at radius 3 is 2.81 bits per heavy atom. The summed E-state index contributed by atoms with van der Waals surface area (Å²) in [6.07, 6.45) is 1.85. The molecule has 1 aliphatic rings. The van der Waals surface area contributed by atoms with Crippen molar-refractivity contribution in [3.05, 3.63) is 34.3 Å². The van der Waals surface area contributed by atoms with Gasteiger partial charge in [0.1, 0.15) is 0 Å². The van der Waals surface area contributed by atoms with Gasteiger partial charge in [-0.1, -0.05) is 23.7 Å². The Bertz CT molecular complexity index is 386. The standard InChI is InChI=1S/C13H17ClOS/c1-9-4-5-10(8-11(9)14)12(15)13(2)6-3-7-16-13/h4-5,8,12,15H,3,6-7H2,1-2H3. The van der Waals surface area contributed by atoms with E-state index in [0.717, 1.165) is 28.3 Å². The minimum Gasteiger partial charge on any atom is -0.387 e. The zero-order chi connectivity index (χ0) is 11.8. The summed E-state index contributed by atoms with van der Waals surface area (Å²) in [4.78, 5) is 0. The fourth-order valence-corrected chi connectivity index (χ4v) is 3.67. The summed E-state index contributed by atoms with van der Waals surface area (Å²) in [5, 5.41) is 11.2. The Balaban J connectivity index is 2.26. The van der Waals surface area contributed by atoms with Crippen LogP contribution in [0.1, 0.15) is 37.0 Å². The lowest BCUT2D eigenvalue weighted by molar-refractivity contribution is 0.135. The largest absolute Gasteiger partial charge is 0.387 e. The van der Waals surface area contributed by atoms with Crippen LogP contribution >= 0.6 is 23.4 Å². The van der Waals surface area contributed by atoms with Crippen LogP contribution in [-0.2, 0) is 0 Å². The summed E-state index contributed by atoms with van der Waals surface area (Å²) in [6.45, 7) is 4.12. The molecule has 0 aliphatic carbocycles. The molecular formula is C13H17ClOS. The van der Waals surface area contributed by atoms with Gasteiger partial charge >= 0.3 is 0 Å². The predicted molar refractivity (Wildman–Crippen MR) is 71.2 cm³/mol. The molecule has 1 saturated heterocycles. The molecule has 0 saturated carbocycles. The van der Waals surface area contributed by atoms with E-state index in [1.165, 1.54) is 6.42 Å². The van der Waals surface area contributed by atoms with Gasteiger partial charge in [-0.2, -0.15) is 11.8 Å². The highest BCUT2D eigenvalue weighted by molar-refractivity contribution is 8.00. The number of rotatable bonds is 2. The van der Waals surface area contributed by atoms with Gasteiger partial charge in [-0.3, -0.25) is 0 Å². The smallest absolute Gasteiger partial charge is 0.0934 e. The Morgan fingerprint density at radius 2 is 2.25 bits per heavy atom. The van der Waals surface area contributed by atoms with E-state index in [0.29, 0.717) is 0 Å². The first-order chi connectivity index (χ1) is 7.53. The van der Waals surface area contributed by atoms with Crippen LogP contribution < -0.4 is 0 Å². The molecule has 0 spiro atoms. The van der Waals surface area contributed by atoms with E-state index >= 15 is 0 Å². The molecule has 0 amide bonds. The molecule has 1 aromatic rings. The van der Waals surface area contributed by atoms with Crippen molar-refractivity contribution in [2.45, 2.75) is 37.5 Å². The van der Waals surface area contributed by atoms with E-state index in [2.05, 4.69) is 6.92 Å². The second-order valence-corrected chi connectivity index (χ2v) is 6.71. The summed E-state index contributed by atoms with van der Waals surface area (Å²) in [5.74, 6) is 1.15. The summed E-state index contributed by atoms with van der Waals surface area (Å²) in [6, 6.07) is 5.85. The number of hydrogen-bond donors (Lipinski definition) is 1. The molecule has 2 atom stereocenters. The number of benzene rings is 1. The van der Waals surface area contributed by atoms with Crippen LogP contribution in [0.3, 0.4) is 0 Å². The van der Waals surface area contributed by atoms with E-state index < -0.39 is 6.10 Å².